The SMILES string of the molecule is CN([C@@H](Cc1ccc(Cl)c(Cl)c1)C(=O)O)S(=O)(=O)c1ccccc1. The second kappa shape index (κ2) is 7.53. The first-order valence-electron chi connectivity index (χ1n) is 6.93. The molecule has 0 spiro atoms. The number of likely N-dealkylation sites (N-methyl/N-ethyl adjacent to an activating group) is 1. The van der Waals surface area contributed by atoms with Crippen LogP contribution in [0.1, 0.15) is 5.56 Å². The van der Waals surface area contributed by atoms with Gasteiger partial charge in [0, 0.05) is 7.05 Å². The monoisotopic (exact) mass is 387 g/mol. The maximum Gasteiger partial charge on any atom is 0.322 e. The molecule has 8 heteroatoms. The lowest BCUT2D eigenvalue weighted by Gasteiger charge is -2.24. The second-order valence-corrected chi connectivity index (χ2v) is 7.95. The minimum absolute atomic E-state index is 0.0330. The fourth-order valence-electron chi connectivity index (χ4n) is 2.19. The first-order valence-corrected chi connectivity index (χ1v) is 9.13. The van der Waals surface area contributed by atoms with Crippen LogP contribution in [0.15, 0.2) is 53.4 Å². The third kappa shape index (κ3) is 4.08. The Bertz CT molecular complexity index is 840. The summed E-state index contributed by atoms with van der Waals surface area (Å²) < 4.78 is 26.1. The molecular weight excluding hydrogens is 373 g/mol. The maximum absolute atomic E-state index is 12.6. The zero-order valence-electron chi connectivity index (χ0n) is 12.7. The summed E-state index contributed by atoms with van der Waals surface area (Å²) in [5.41, 5.74) is 0.576. The van der Waals surface area contributed by atoms with Crippen LogP contribution in [-0.4, -0.2) is 36.9 Å². The highest BCUT2D eigenvalue weighted by Crippen LogP contribution is 2.25. The van der Waals surface area contributed by atoms with Gasteiger partial charge in [-0.15, -0.1) is 0 Å². The van der Waals surface area contributed by atoms with Gasteiger partial charge in [-0.2, -0.15) is 4.31 Å². The van der Waals surface area contributed by atoms with Crippen LogP contribution in [0.25, 0.3) is 0 Å². The van der Waals surface area contributed by atoms with Crippen LogP contribution in [0.3, 0.4) is 0 Å². The summed E-state index contributed by atoms with van der Waals surface area (Å²) >= 11 is 11.8. The third-order valence-electron chi connectivity index (χ3n) is 3.56. The van der Waals surface area contributed by atoms with Crippen molar-refractivity contribution in [1.29, 1.82) is 0 Å². The molecule has 0 bridgehead atoms. The largest absolute Gasteiger partial charge is 0.480 e. The molecule has 0 fully saturated rings. The zero-order valence-corrected chi connectivity index (χ0v) is 15.0. The van der Waals surface area contributed by atoms with E-state index in [4.69, 9.17) is 23.2 Å². The molecule has 0 aliphatic rings. The fourth-order valence-corrected chi connectivity index (χ4v) is 3.84. The molecule has 0 aliphatic carbocycles. The van der Waals surface area contributed by atoms with Crippen LogP contribution in [0.2, 0.25) is 10.0 Å². The Morgan fingerprint density at radius 2 is 1.75 bits per heavy atom. The summed E-state index contributed by atoms with van der Waals surface area (Å²) in [6.45, 7) is 0. The number of rotatable bonds is 6. The molecule has 0 saturated carbocycles. The number of hydrogen-bond acceptors (Lipinski definition) is 3. The Morgan fingerprint density at radius 1 is 1.12 bits per heavy atom. The Kier molecular flexibility index (Phi) is 5.87. The minimum atomic E-state index is -3.93. The van der Waals surface area contributed by atoms with Crippen molar-refractivity contribution in [1.82, 2.24) is 4.31 Å². The number of hydrogen-bond donors (Lipinski definition) is 1. The zero-order chi connectivity index (χ0) is 17.9. The Labute approximate surface area is 150 Å². The number of sulfonamides is 1. The number of aliphatic carboxylic acids is 1. The van der Waals surface area contributed by atoms with E-state index in [-0.39, 0.29) is 16.3 Å². The normalized spacial score (nSPS) is 13.0. The van der Waals surface area contributed by atoms with Crippen molar-refractivity contribution in [3.63, 3.8) is 0 Å². The van der Waals surface area contributed by atoms with E-state index in [1.54, 1.807) is 30.3 Å². The van der Waals surface area contributed by atoms with E-state index in [1.807, 2.05) is 0 Å². The van der Waals surface area contributed by atoms with E-state index in [2.05, 4.69) is 0 Å². The lowest BCUT2D eigenvalue weighted by atomic mass is 10.1. The molecule has 0 amide bonds. The van der Waals surface area contributed by atoms with Gasteiger partial charge in [0.15, 0.2) is 0 Å². The molecule has 1 atom stereocenters. The van der Waals surface area contributed by atoms with Crippen LogP contribution in [-0.2, 0) is 21.2 Å². The topological polar surface area (TPSA) is 74.7 Å². The van der Waals surface area contributed by atoms with Gasteiger partial charge in [0.05, 0.1) is 14.9 Å². The van der Waals surface area contributed by atoms with Crippen LogP contribution in [0.5, 0.6) is 0 Å². The number of nitrogens with zero attached hydrogens (tertiary/aromatic N) is 1. The number of halogens is 2. The molecular formula is C16H15Cl2NO4S. The van der Waals surface area contributed by atoms with Crippen molar-refractivity contribution < 1.29 is 18.3 Å². The third-order valence-corrected chi connectivity index (χ3v) is 6.18. The van der Waals surface area contributed by atoms with Crippen molar-refractivity contribution >= 4 is 39.2 Å². The minimum Gasteiger partial charge on any atom is -0.480 e. The van der Waals surface area contributed by atoms with Gasteiger partial charge in [-0.3, -0.25) is 4.79 Å². The highest BCUT2D eigenvalue weighted by Gasteiger charge is 2.32. The highest BCUT2D eigenvalue weighted by atomic mass is 35.5. The molecule has 1 N–H and O–H groups in total. The summed E-state index contributed by atoms with van der Waals surface area (Å²) in [4.78, 5) is 11.6. The summed E-state index contributed by atoms with van der Waals surface area (Å²) in [7, 11) is -2.68. The first kappa shape index (κ1) is 18.7. The first-order chi connectivity index (χ1) is 11.2. The molecule has 0 saturated heterocycles. The number of carboxylic acids is 1. The van der Waals surface area contributed by atoms with Gasteiger partial charge in [-0.25, -0.2) is 8.42 Å². The molecule has 0 unspecified atom stereocenters. The molecule has 2 rings (SSSR count). The summed E-state index contributed by atoms with van der Waals surface area (Å²) in [5, 5.41) is 10.1. The maximum atomic E-state index is 12.6. The lowest BCUT2D eigenvalue weighted by Crippen LogP contribution is -2.43. The van der Waals surface area contributed by atoms with E-state index < -0.39 is 22.0 Å². The second-order valence-electron chi connectivity index (χ2n) is 5.14. The average molecular weight is 388 g/mol. The molecule has 0 aromatic heterocycles. The Balaban J connectivity index is 2.33. The van der Waals surface area contributed by atoms with E-state index in [9.17, 15) is 18.3 Å². The summed E-state index contributed by atoms with van der Waals surface area (Å²) in [6, 6.07) is 11.1. The predicted molar refractivity (Wildman–Crippen MR) is 93.0 cm³/mol. The van der Waals surface area contributed by atoms with E-state index >= 15 is 0 Å². The van der Waals surface area contributed by atoms with Crippen LogP contribution >= 0.6 is 23.2 Å². The van der Waals surface area contributed by atoms with Gasteiger partial charge >= 0.3 is 5.97 Å². The van der Waals surface area contributed by atoms with Gasteiger partial charge in [-0.1, -0.05) is 47.5 Å². The predicted octanol–water partition coefficient (Wildman–Crippen LogP) is 3.31. The average Bonchev–Trinajstić information content (AvgIpc) is 2.55. The number of benzene rings is 2. The molecule has 0 aliphatic heterocycles. The van der Waals surface area contributed by atoms with Crippen molar-refractivity contribution in [2.24, 2.45) is 0 Å². The standard InChI is InChI=1S/C16H15Cl2NO4S/c1-19(24(22,23)12-5-3-2-4-6-12)15(16(20)21)10-11-7-8-13(17)14(18)9-11/h2-9,15H,10H2,1H3,(H,20,21)/t15-/m0/s1. The smallest absolute Gasteiger partial charge is 0.322 e. The molecule has 5 nitrogen and oxygen atoms in total. The number of carboxylic acid groups (broad SMARTS) is 1. The van der Waals surface area contributed by atoms with Crippen LogP contribution < -0.4 is 0 Å². The highest BCUT2D eigenvalue weighted by molar-refractivity contribution is 7.89. The summed E-state index contributed by atoms with van der Waals surface area (Å²) in [5.74, 6) is -1.25. The van der Waals surface area contributed by atoms with Gasteiger partial charge in [0.1, 0.15) is 6.04 Å². The van der Waals surface area contributed by atoms with Crippen LogP contribution in [0, 0.1) is 0 Å². The van der Waals surface area contributed by atoms with Gasteiger partial charge in [-0.05, 0) is 36.2 Å². The van der Waals surface area contributed by atoms with E-state index in [1.165, 1.54) is 25.2 Å². The van der Waals surface area contributed by atoms with Crippen molar-refractivity contribution in [2.75, 3.05) is 7.05 Å². The quantitative estimate of drug-likeness (QED) is 0.824. The molecule has 0 heterocycles. The number of carbonyl (C=O) groups is 1. The molecule has 128 valence electrons. The van der Waals surface area contributed by atoms with E-state index in [0.717, 1.165) is 4.31 Å². The van der Waals surface area contributed by atoms with Crippen molar-refractivity contribution in [3.05, 3.63) is 64.1 Å². The van der Waals surface area contributed by atoms with Gasteiger partial charge in [0.25, 0.3) is 0 Å². The molecule has 24 heavy (non-hydrogen) atoms. The fraction of sp³-hybridized carbons (Fsp3) is 0.188. The van der Waals surface area contributed by atoms with Crippen LogP contribution in [0.4, 0.5) is 0 Å². The Hall–Kier alpha value is -1.60. The van der Waals surface area contributed by atoms with Gasteiger partial charge in [0.2, 0.25) is 10.0 Å². The van der Waals surface area contributed by atoms with Crippen molar-refractivity contribution in [3.8, 4) is 0 Å². The molecule has 2 aromatic carbocycles. The Morgan fingerprint density at radius 3 is 2.29 bits per heavy atom. The molecule has 0 radical (unpaired) electrons. The van der Waals surface area contributed by atoms with Gasteiger partial charge < -0.3 is 5.11 Å². The lowest BCUT2D eigenvalue weighted by molar-refractivity contribution is -0.141. The summed E-state index contributed by atoms with van der Waals surface area (Å²) in [6.07, 6.45) is -0.0330. The van der Waals surface area contributed by atoms with Crippen molar-refractivity contribution in [2.45, 2.75) is 17.4 Å². The molecule has 2 aromatic rings. The van der Waals surface area contributed by atoms with E-state index in [0.29, 0.717) is 10.6 Å².